The number of para-hydroxylation sites is 1. The fourth-order valence-electron chi connectivity index (χ4n) is 2.49. The summed E-state index contributed by atoms with van der Waals surface area (Å²) in [5.74, 6) is 0.236. The first-order valence-corrected chi connectivity index (χ1v) is 9.45. The van der Waals surface area contributed by atoms with Crippen molar-refractivity contribution in [3.8, 4) is 11.5 Å². The number of halogens is 2. The molecule has 1 aromatic heterocycles. The Balaban J connectivity index is 2.06. The molecule has 30 heavy (non-hydrogen) atoms. The second kappa shape index (κ2) is 12.2. The normalized spacial score (nSPS) is 11.2. The maximum absolute atomic E-state index is 12.8. The number of amides is 1. The summed E-state index contributed by atoms with van der Waals surface area (Å²) >= 11 is 0. The number of ether oxygens (including phenoxy) is 2. The van der Waals surface area contributed by atoms with Gasteiger partial charge >= 0.3 is 6.61 Å². The van der Waals surface area contributed by atoms with Crippen LogP contribution in [0.25, 0.3) is 0 Å². The number of guanidine groups is 1. The second-order valence-electron chi connectivity index (χ2n) is 5.89. The molecule has 0 atom stereocenters. The van der Waals surface area contributed by atoms with Gasteiger partial charge in [-0.25, -0.2) is 4.99 Å². The van der Waals surface area contributed by atoms with Gasteiger partial charge in [0.15, 0.2) is 17.5 Å². The van der Waals surface area contributed by atoms with Crippen molar-refractivity contribution in [2.45, 2.75) is 27.0 Å². The Labute approximate surface area is 173 Å². The fraction of sp³-hybridized carbons (Fsp3) is 0.350. The third-order valence-electron chi connectivity index (χ3n) is 3.68. The van der Waals surface area contributed by atoms with E-state index >= 15 is 0 Å². The van der Waals surface area contributed by atoms with Gasteiger partial charge in [0.2, 0.25) is 5.91 Å². The monoisotopic (exact) mass is 421 g/mol. The van der Waals surface area contributed by atoms with Gasteiger partial charge in [-0.1, -0.05) is 12.1 Å². The molecule has 8 nitrogen and oxygen atoms in total. The van der Waals surface area contributed by atoms with Gasteiger partial charge < -0.3 is 25.4 Å². The molecule has 0 spiro atoms. The number of hydrogen-bond donors (Lipinski definition) is 3. The molecular weight excluding hydrogens is 396 g/mol. The lowest BCUT2D eigenvalue weighted by atomic mass is 10.2. The van der Waals surface area contributed by atoms with Crippen molar-refractivity contribution < 1.29 is 23.0 Å². The molecule has 0 saturated heterocycles. The third kappa shape index (κ3) is 7.53. The quantitative estimate of drug-likeness (QED) is 0.403. The fourth-order valence-corrected chi connectivity index (χ4v) is 2.49. The molecule has 0 unspecified atom stereocenters. The van der Waals surface area contributed by atoms with Gasteiger partial charge in [-0.3, -0.25) is 9.78 Å². The summed E-state index contributed by atoms with van der Waals surface area (Å²) in [6.45, 7) is 1.49. The van der Waals surface area contributed by atoms with Gasteiger partial charge in [-0.05, 0) is 32.0 Å². The summed E-state index contributed by atoms with van der Waals surface area (Å²) in [4.78, 5) is 20.4. The van der Waals surface area contributed by atoms with Crippen LogP contribution in [0.3, 0.4) is 0 Å². The predicted molar refractivity (Wildman–Crippen MR) is 110 cm³/mol. The predicted octanol–water partition coefficient (Wildman–Crippen LogP) is 2.78. The highest BCUT2D eigenvalue weighted by Crippen LogP contribution is 2.33. The molecule has 162 valence electrons. The van der Waals surface area contributed by atoms with E-state index < -0.39 is 6.61 Å². The van der Waals surface area contributed by atoms with Crippen LogP contribution in [0.4, 0.5) is 14.5 Å². The highest BCUT2D eigenvalue weighted by Gasteiger charge is 2.15. The number of nitrogens with one attached hydrogen (secondary N) is 3. The molecule has 0 fully saturated rings. The van der Waals surface area contributed by atoms with Gasteiger partial charge in [0, 0.05) is 18.3 Å². The molecule has 0 bridgehead atoms. The molecule has 2 aromatic rings. The van der Waals surface area contributed by atoms with Crippen molar-refractivity contribution in [2.75, 3.05) is 25.0 Å². The van der Waals surface area contributed by atoms with Crippen molar-refractivity contribution in [1.82, 2.24) is 15.6 Å². The highest BCUT2D eigenvalue weighted by molar-refractivity contribution is 5.94. The Morgan fingerprint density at radius 1 is 1.20 bits per heavy atom. The van der Waals surface area contributed by atoms with Crippen LogP contribution in [-0.2, 0) is 11.3 Å². The van der Waals surface area contributed by atoms with Gasteiger partial charge in [0.25, 0.3) is 0 Å². The smallest absolute Gasteiger partial charge is 0.387 e. The van der Waals surface area contributed by atoms with E-state index in [1.54, 1.807) is 43.5 Å². The third-order valence-corrected chi connectivity index (χ3v) is 3.68. The van der Waals surface area contributed by atoms with Crippen LogP contribution in [0.5, 0.6) is 11.5 Å². The minimum Gasteiger partial charge on any atom is -0.490 e. The van der Waals surface area contributed by atoms with E-state index in [1.165, 1.54) is 6.20 Å². The first-order chi connectivity index (χ1) is 14.5. The molecule has 1 amide bonds. The first kappa shape index (κ1) is 22.9. The average molecular weight is 421 g/mol. The number of anilines is 1. The van der Waals surface area contributed by atoms with Crippen LogP contribution < -0.4 is 25.4 Å². The maximum atomic E-state index is 12.8. The molecule has 2 rings (SSSR count). The lowest BCUT2D eigenvalue weighted by Crippen LogP contribution is -2.41. The lowest BCUT2D eigenvalue weighted by molar-refractivity contribution is -0.115. The van der Waals surface area contributed by atoms with E-state index in [9.17, 15) is 13.6 Å². The zero-order valence-corrected chi connectivity index (χ0v) is 16.8. The summed E-state index contributed by atoms with van der Waals surface area (Å²) in [6, 6.07) is 8.29. The molecule has 0 aliphatic rings. The number of aliphatic imine (C=N–C) groups is 1. The largest absolute Gasteiger partial charge is 0.490 e. The van der Waals surface area contributed by atoms with Crippen LogP contribution in [0.15, 0.2) is 47.7 Å². The minimum atomic E-state index is -2.99. The number of rotatable bonds is 10. The van der Waals surface area contributed by atoms with E-state index in [0.29, 0.717) is 30.4 Å². The molecule has 1 heterocycles. The Morgan fingerprint density at radius 2 is 2.03 bits per heavy atom. The number of aromatic nitrogens is 1. The average Bonchev–Trinajstić information content (AvgIpc) is 2.72. The number of carbonyl (C=O) groups is 1. The van der Waals surface area contributed by atoms with E-state index in [1.807, 2.05) is 6.92 Å². The second-order valence-corrected chi connectivity index (χ2v) is 5.89. The summed E-state index contributed by atoms with van der Waals surface area (Å²) in [5, 5.41) is 8.59. The number of pyridine rings is 1. The molecule has 10 heteroatoms. The molecule has 0 radical (unpaired) electrons. The van der Waals surface area contributed by atoms with Crippen molar-refractivity contribution >= 4 is 17.6 Å². The number of nitrogens with zero attached hydrogens (tertiary/aromatic N) is 2. The van der Waals surface area contributed by atoms with Crippen molar-refractivity contribution in [1.29, 1.82) is 0 Å². The molecule has 0 aliphatic heterocycles. The number of hydrogen-bond acceptors (Lipinski definition) is 5. The van der Waals surface area contributed by atoms with E-state index in [0.717, 1.165) is 0 Å². The van der Waals surface area contributed by atoms with Gasteiger partial charge in [-0.2, -0.15) is 8.78 Å². The Kier molecular flexibility index (Phi) is 9.29. The lowest BCUT2D eigenvalue weighted by Gasteiger charge is -2.15. The topological polar surface area (TPSA) is 96.9 Å². The van der Waals surface area contributed by atoms with Crippen LogP contribution in [-0.4, -0.2) is 43.2 Å². The van der Waals surface area contributed by atoms with E-state index in [-0.39, 0.29) is 30.5 Å². The Hall–Kier alpha value is -3.43. The van der Waals surface area contributed by atoms with Crippen LogP contribution in [0, 0.1) is 0 Å². The van der Waals surface area contributed by atoms with Crippen molar-refractivity contribution in [2.24, 2.45) is 4.99 Å². The van der Waals surface area contributed by atoms with Gasteiger partial charge in [0.05, 0.1) is 31.6 Å². The van der Waals surface area contributed by atoms with Crippen molar-refractivity contribution in [3.05, 3.63) is 48.3 Å². The SMILES string of the molecule is CCNC(=NCc1cccc(OCC)c1OC(F)F)NCC(=O)Nc1cccnc1. The minimum absolute atomic E-state index is 0.0416. The molecule has 3 N–H and O–H groups in total. The zero-order valence-electron chi connectivity index (χ0n) is 16.8. The summed E-state index contributed by atoms with van der Waals surface area (Å²) < 4.78 is 35.7. The van der Waals surface area contributed by atoms with Gasteiger partial charge in [-0.15, -0.1) is 0 Å². The van der Waals surface area contributed by atoms with Crippen LogP contribution in [0.1, 0.15) is 19.4 Å². The molecular formula is C20H25F2N5O3. The van der Waals surface area contributed by atoms with Crippen LogP contribution >= 0.6 is 0 Å². The number of carbonyl (C=O) groups excluding carboxylic acids is 1. The summed E-state index contributed by atoms with van der Waals surface area (Å²) in [7, 11) is 0. The van der Waals surface area contributed by atoms with E-state index in [4.69, 9.17) is 4.74 Å². The Morgan fingerprint density at radius 3 is 2.70 bits per heavy atom. The first-order valence-electron chi connectivity index (χ1n) is 9.45. The zero-order chi connectivity index (χ0) is 21.8. The van der Waals surface area contributed by atoms with Gasteiger partial charge in [0.1, 0.15) is 0 Å². The number of benzene rings is 1. The maximum Gasteiger partial charge on any atom is 0.387 e. The molecule has 1 aromatic carbocycles. The highest BCUT2D eigenvalue weighted by atomic mass is 19.3. The molecule has 0 saturated carbocycles. The number of alkyl halides is 2. The standard InChI is InChI=1S/C20H25F2N5O3/c1-3-24-20(26-13-17(28)27-15-8-6-10-23-12-15)25-11-14-7-5-9-16(29-4-2)18(14)30-19(21)22/h5-10,12,19H,3-4,11,13H2,1-2H3,(H,27,28)(H2,24,25,26). The molecule has 0 aliphatic carbocycles. The van der Waals surface area contributed by atoms with Crippen molar-refractivity contribution in [3.63, 3.8) is 0 Å². The van der Waals surface area contributed by atoms with E-state index in [2.05, 4.69) is 30.7 Å². The van der Waals surface area contributed by atoms with Crippen LogP contribution in [0.2, 0.25) is 0 Å². The summed E-state index contributed by atoms with van der Waals surface area (Å²) in [6.07, 6.45) is 3.14. The summed E-state index contributed by atoms with van der Waals surface area (Å²) in [5.41, 5.74) is 1.01. The Bertz CT molecular complexity index is 834.